The standard InChI is InChI=1S/C24H25N5O3/c30-19-8-13-28(23(32)26-19)14-9-20(31)29-12-4-10-24(16-29)11-7-18-15-25-22(27-21(18)24)17-5-2-1-3-6-17/h1-3,5-6,8,13,15H,4,7,9-12,14,16H2,(H,26,30,32). The van der Waals surface area contributed by atoms with Crippen molar-refractivity contribution < 1.29 is 4.79 Å². The van der Waals surface area contributed by atoms with Gasteiger partial charge in [-0.2, -0.15) is 0 Å². The molecule has 1 saturated heterocycles. The SMILES string of the molecule is O=C(CCn1ccc(=O)[nH]c1=O)N1CCCC2(CCc3cnc(-c4ccccc4)nc32)C1. The van der Waals surface area contributed by atoms with Crippen LogP contribution in [0.4, 0.5) is 0 Å². The zero-order valence-electron chi connectivity index (χ0n) is 17.8. The molecule has 1 aliphatic carbocycles. The van der Waals surface area contributed by atoms with Crippen LogP contribution in [0.3, 0.4) is 0 Å². The lowest BCUT2D eigenvalue weighted by molar-refractivity contribution is -0.133. The quantitative estimate of drug-likeness (QED) is 0.680. The smallest absolute Gasteiger partial charge is 0.328 e. The Morgan fingerprint density at radius 1 is 1.12 bits per heavy atom. The molecule has 32 heavy (non-hydrogen) atoms. The molecular weight excluding hydrogens is 406 g/mol. The largest absolute Gasteiger partial charge is 0.342 e. The molecule has 5 rings (SSSR count). The lowest BCUT2D eigenvalue weighted by Gasteiger charge is -2.40. The van der Waals surface area contributed by atoms with E-state index in [2.05, 4.69) is 9.97 Å². The molecule has 1 amide bonds. The van der Waals surface area contributed by atoms with Crippen LogP contribution in [0.15, 0.2) is 58.4 Å². The molecule has 1 atom stereocenters. The first-order valence-electron chi connectivity index (χ1n) is 11.0. The van der Waals surface area contributed by atoms with Crippen LogP contribution in [0, 0.1) is 0 Å². The topological polar surface area (TPSA) is 101 Å². The third-order valence-electron chi connectivity index (χ3n) is 6.66. The van der Waals surface area contributed by atoms with Crippen molar-refractivity contribution in [3.8, 4) is 11.4 Å². The second kappa shape index (κ2) is 8.18. The highest BCUT2D eigenvalue weighted by Crippen LogP contribution is 2.44. The van der Waals surface area contributed by atoms with Crippen molar-refractivity contribution in [3.05, 3.63) is 80.9 Å². The van der Waals surface area contributed by atoms with Gasteiger partial charge in [0.1, 0.15) is 0 Å². The first-order valence-corrected chi connectivity index (χ1v) is 11.0. The molecule has 1 aliphatic heterocycles. The number of rotatable bonds is 4. The molecule has 2 aliphatic rings. The van der Waals surface area contributed by atoms with Crippen LogP contribution in [0.5, 0.6) is 0 Å². The summed E-state index contributed by atoms with van der Waals surface area (Å²) < 4.78 is 1.36. The fourth-order valence-corrected chi connectivity index (χ4v) is 5.00. The number of amides is 1. The number of carbonyl (C=O) groups is 1. The number of piperidine rings is 1. The highest BCUT2D eigenvalue weighted by molar-refractivity contribution is 5.76. The molecule has 0 bridgehead atoms. The second-order valence-electron chi connectivity index (χ2n) is 8.69. The van der Waals surface area contributed by atoms with E-state index in [1.807, 2.05) is 41.4 Å². The molecule has 0 saturated carbocycles. The van der Waals surface area contributed by atoms with Crippen LogP contribution in [-0.2, 0) is 23.2 Å². The minimum Gasteiger partial charge on any atom is -0.342 e. The fraction of sp³-hybridized carbons (Fsp3) is 0.375. The van der Waals surface area contributed by atoms with Crippen molar-refractivity contribution >= 4 is 5.91 Å². The minimum absolute atomic E-state index is 0.0213. The summed E-state index contributed by atoms with van der Waals surface area (Å²) in [6.45, 7) is 1.60. The Bertz CT molecular complexity index is 1260. The third kappa shape index (κ3) is 3.77. The molecule has 8 nitrogen and oxygen atoms in total. The normalized spacial score (nSPS) is 19.8. The zero-order chi connectivity index (χ0) is 22.1. The Hall–Kier alpha value is -3.55. The number of nitrogens with one attached hydrogen (secondary N) is 1. The van der Waals surface area contributed by atoms with Crippen molar-refractivity contribution in [1.29, 1.82) is 0 Å². The molecule has 1 unspecified atom stereocenters. The van der Waals surface area contributed by atoms with Crippen LogP contribution in [0.1, 0.15) is 36.9 Å². The van der Waals surface area contributed by atoms with Gasteiger partial charge in [0, 0.05) is 55.5 Å². The van der Waals surface area contributed by atoms with E-state index in [0.29, 0.717) is 13.1 Å². The van der Waals surface area contributed by atoms with Gasteiger partial charge in [-0.1, -0.05) is 30.3 Å². The van der Waals surface area contributed by atoms with Gasteiger partial charge in [0.2, 0.25) is 5.91 Å². The van der Waals surface area contributed by atoms with E-state index < -0.39 is 11.2 Å². The fourth-order valence-electron chi connectivity index (χ4n) is 5.00. The lowest BCUT2D eigenvalue weighted by atomic mass is 9.77. The summed E-state index contributed by atoms with van der Waals surface area (Å²) in [4.78, 5) is 49.8. The maximum atomic E-state index is 13.0. The van der Waals surface area contributed by atoms with Gasteiger partial charge in [-0.15, -0.1) is 0 Å². The van der Waals surface area contributed by atoms with E-state index in [0.717, 1.165) is 42.8 Å². The van der Waals surface area contributed by atoms with Crippen molar-refractivity contribution in [2.24, 2.45) is 0 Å². The number of likely N-dealkylation sites (tertiary alicyclic amines) is 1. The van der Waals surface area contributed by atoms with Gasteiger partial charge >= 0.3 is 5.69 Å². The number of aromatic nitrogens is 4. The predicted molar refractivity (Wildman–Crippen MR) is 119 cm³/mol. The van der Waals surface area contributed by atoms with Crippen molar-refractivity contribution in [1.82, 2.24) is 24.4 Å². The Kier molecular flexibility index (Phi) is 5.20. The molecule has 8 heteroatoms. The van der Waals surface area contributed by atoms with E-state index >= 15 is 0 Å². The zero-order valence-corrected chi connectivity index (χ0v) is 17.8. The Labute approximate surface area is 185 Å². The van der Waals surface area contributed by atoms with Gasteiger partial charge in [-0.3, -0.25) is 14.6 Å². The number of aryl methyl sites for hydroxylation is 2. The van der Waals surface area contributed by atoms with Crippen LogP contribution in [0.25, 0.3) is 11.4 Å². The maximum absolute atomic E-state index is 13.0. The van der Waals surface area contributed by atoms with E-state index in [-0.39, 0.29) is 24.3 Å². The number of H-pyrrole nitrogens is 1. The molecule has 1 fully saturated rings. The molecule has 1 spiro atoms. The van der Waals surface area contributed by atoms with Gasteiger partial charge in [-0.05, 0) is 31.2 Å². The first-order chi connectivity index (χ1) is 15.5. The van der Waals surface area contributed by atoms with Crippen LogP contribution in [0.2, 0.25) is 0 Å². The second-order valence-corrected chi connectivity index (χ2v) is 8.69. The highest BCUT2D eigenvalue weighted by Gasteiger charge is 2.44. The van der Waals surface area contributed by atoms with Crippen molar-refractivity contribution in [2.45, 2.75) is 44.1 Å². The number of hydrogen-bond donors (Lipinski definition) is 1. The van der Waals surface area contributed by atoms with Gasteiger partial charge in [0.25, 0.3) is 5.56 Å². The number of hydrogen-bond acceptors (Lipinski definition) is 5. The summed E-state index contributed by atoms with van der Waals surface area (Å²) in [5, 5.41) is 0. The summed E-state index contributed by atoms with van der Waals surface area (Å²) in [6, 6.07) is 11.3. The average Bonchev–Trinajstić information content (AvgIpc) is 3.16. The molecule has 3 aromatic rings. The lowest BCUT2D eigenvalue weighted by Crippen LogP contribution is -2.48. The van der Waals surface area contributed by atoms with Gasteiger partial charge in [-0.25, -0.2) is 14.8 Å². The molecule has 164 valence electrons. The first kappa shape index (κ1) is 20.4. The van der Waals surface area contributed by atoms with Crippen LogP contribution < -0.4 is 11.2 Å². The van der Waals surface area contributed by atoms with Crippen molar-refractivity contribution in [3.63, 3.8) is 0 Å². The number of benzene rings is 1. The number of nitrogens with zero attached hydrogens (tertiary/aromatic N) is 4. The average molecular weight is 431 g/mol. The molecule has 1 aromatic carbocycles. The third-order valence-corrected chi connectivity index (χ3v) is 6.66. The van der Waals surface area contributed by atoms with Gasteiger partial charge in [0.05, 0.1) is 5.69 Å². The van der Waals surface area contributed by atoms with E-state index in [1.165, 1.54) is 22.4 Å². The van der Waals surface area contributed by atoms with Gasteiger partial charge < -0.3 is 9.47 Å². The molecule has 2 aromatic heterocycles. The summed E-state index contributed by atoms with van der Waals surface area (Å²) in [5.74, 6) is 0.750. The molecule has 3 heterocycles. The number of aromatic amines is 1. The summed E-state index contributed by atoms with van der Waals surface area (Å²) in [5.41, 5.74) is 2.19. The van der Waals surface area contributed by atoms with Gasteiger partial charge in [0.15, 0.2) is 5.82 Å². The summed E-state index contributed by atoms with van der Waals surface area (Å²) in [7, 11) is 0. The molecular formula is C24H25N5O3. The Morgan fingerprint density at radius 3 is 2.78 bits per heavy atom. The summed E-state index contributed by atoms with van der Waals surface area (Å²) in [6.07, 6.45) is 7.43. The predicted octanol–water partition coefficient (Wildman–Crippen LogP) is 1.89. The monoisotopic (exact) mass is 431 g/mol. The number of carbonyl (C=O) groups excluding carboxylic acids is 1. The van der Waals surface area contributed by atoms with Crippen LogP contribution >= 0.6 is 0 Å². The minimum atomic E-state index is -0.490. The molecule has 0 radical (unpaired) electrons. The Morgan fingerprint density at radius 2 is 1.97 bits per heavy atom. The van der Waals surface area contributed by atoms with E-state index in [1.54, 1.807) is 0 Å². The molecule has 1 N–H and O–H groups in total. The maximum Gasteiger partial charge on any atom is 0.328 e. The van der Waals surface area contributed by atoms with Crippen molar-refractivity contribution in [2.75, 3.05) is 13.1 Å². The summed E-state index contributed by atoms with van der Waals surface area (Å²) >= 11 is 0. The number of fused-ring (bicyclic) bond motifs is 2. The highest BCUT2D eigenvalue weighted by atomic mass is 16.2. The van der Waals surface area contributed by atoms with Crippen LogP contribution in [-0.4, -0.2) is 43.4 Å². The van der Waals surface area contributed by atoms with E-state index in [4.69, 9.17) is 4.98 Å². The Balaban J connectivity index is 1.34. The van der Waals surface area contributed by atoms with E-state index in [9.17, 15) is 14.4 Å².